The van der Waals surface area contributed by atoms with Crippen molar-refractivity contribution in [3.63, 3.8) is 0 Å². The molecule has 16 heavy (non-hydrogen) atoms. The van der Waals surface area contributed by atoms with Crippen molar-refractivity contribution in [1.29, 1.82) is 0 Å². The lowest BCUT2D eigenvalue weighted by Gasteiger charge is -2.06. The number of hydrogen-bond donors (Lipinski definition) is 2. The Bertz CT molecular complexity index is 535. The van der Waals surface area contributed by atoms with Gasteiger partial charge in [0.25, 0.3) is 0 Å². The van der Waals surface area contributed by atoms with Gasteiger partial charge in [-0.25, -0.2) is 0 Å². The third-order valence-corrected chi connectivity index (χ3v) is 2.36. The zero-order chi connectivity index (χ0) is 11.5. The number of rotatable bonds is 2. The number of aldehydes is 1. The van der Waals surface area contributed by atoms with Crippen LogP contribution in [0.5, 0.6) is 5.75 Å². The Balaban J connectivity index is 2.59. The molecule has 0 heterocycles. The number of nitrogen functional groups attached to an aromatic ring is 1. The van der Waals surface area contributed by atoms with E-state index in [0.29, 0.717) is 11.3 Å². The first-order valence-corrected chi connectivity index (χ1v) is 4.85. The maximum absolute atomic E-state index is 10.9. The van der Waals surface area contributed by atoms with Crippen LogP contribution in [0.3, 0.4) is 0 Å². The zero-order valence-corrected chi connectivity index (χ0v) is 8.55. The molecule has 3 heteroatoms. The quantitative estimate of drug-likeness (QED) is 0.595. The Kier molecular flexibility index (Phi) is 2.60. The number of carbonyl (C=O) groups excluding carboxylic acids is 1. The molecule has 0 saturated carbocycles. The molecule has 0 atom stereocenters. The van der Waals surface area contributed by atoms with E-state index in [1.54, 1.807) is 24.3 Å². The molecule has 3 nitrogen and oxygen atoms in total. The lowest BCUT2D eigenvalue weighted by Crippen LogP contribution is -1.89. The summed E-state index contributed by atoms with van der Waals surface area (Å²) in [5.41, 5.74) is 8.40. The van der Waals surface area contributed by atoms with E-state index >= 15 is 0 Å². The Morgan fingerprint density at radius 1 is 1.12 bits per heavy atom. The Labute approximate surface area is 93.1 Å². The van der Waals surface area contributed by atoms with Gasteiger partial charge in [0.1, 0.15) is 5.75 Å². The van der Waals surface area contributed by atoms with Crippen LogP contribution < -0.4 is 5.73 Å². The molecule has 0 aliphatic heterocycles. The van der Waals surface area contributed by atoms with Crippen molar-refractivity contribution in [3.05, 3.63) is 48.0 Å². The summed E-state index contributed by atoms with van der Waals surface area (Å²) in [6.07, 6.45) is 0.720. The standard InChI is InChI=1S/C13H11NO2/c14-11-3-1-2-9(6-11)13-5-4-12(16)7-10(13)8-15/h1-8,16H,14H2. The van der Waals surface area contributed by atoms with Crippen LogP contribution in [0, 0.1) is 0 Å². The highest BCUT2D eigenvalue weighted by molar-refractivity contribution is 5.88. The average molecular weight is 213 g/mol. The molecule has 0 aliphatic carbocycles. The second-order valence-electron chi connectivity index (χ2n) is 3.51. The number of nitrogens with two attached hydrogens (primary N) is 1. The first kappa shape index (κ1) is 10.2. The number of phenolic OH excluding ortho intramolecular Hbond substituents is 1. The van der Waals surface area contributed by atoms with Crippen molar-refractivity contribution in [3.8, 4) is 16.9 Å². The average Bonchev–Trinajstić information content (AvgIpc) is 2.28. The molecule has 0 unspecified atom stereocenters. The molecular weight excluding hydrogens is 202 g/mol. The Hall–Kier alpha value is -2.29. The minimum Gasteiger partial charge on any atom is -0.508 e. The molecule has 2 aromatic rings. The van der Waals surface area contributed by atoms with Gasteiger partial charge in [0, 0.05) is 11.3 Å². The van der Waals surface area contributed by atoms with Gasteiger partial charge in [-0.2, -0.15) is 0 Å². The van der Waals surface area contributed by atoms with Gasteiger partial charge in [0.05, 0.1) is 0 Å². The van der Waals surface area contributed by atoms with E-state index in [1.807, 2.05) is 12.1 Å². The van der Waals surface area contributed by atoms with Crippen molar-refractivity contribution in [1.82, 2.24) is 0 Å². The fourth-order valence-electron chi connectivity index (χ4n) is 1.62. The van der Waals surface area contributed by atoms with Crippen molar-refractivity contribution >= 4 is 12.0 Å². The van der Waals surface area contributed by atoms with Crippen LogP contribution >= 0.6 is 0 Å². The van der Waals surface area contributed by atoms with E-state index in [0.717, 1.165) is 17.4 Å². The molecule has 80 valence electrons. The summed E-state index contributed by atoms with van der Waals surface area (Å²) < 4.78 is 0. The van der Waals surface area contributed by atoms with Crippen molar-refractivity contribution < 1.29 is 9.90 Å². The van der Waals surface area contributed by atoms with Gasteiger partial charge in [0.2, 0.25) is 0 Å². The molecule has 0 aromatic heterocycles. The van der Waals surface area contributed by atoms with Gasteiger partial charge in [0.15, 0.2) is 6.29 Å². The summed E-state index contributed by atoms with van der Waals surface area (Å²) in [6.45, 7) is 0. The normalized spacial score (nSPS) is 10.0. The molecule has 0 amide bonds. The third kappa shape index (κ3) is 1.88. The first-order valence-electron chi connectivity index (χ1n) is 4.85. The molecular formula is C13H11NO2. The van der Waals surface area contributed by atoms with Crippen LogP contribution in [0.1, 0.15) is 10.4 Å². The van der Waals surface area contributed by atoms with Crippen LogP contribution in [-0.4, -0.2) is 11.4 Å². The second-order valence-corrected chi connectivity index (χ2v) is 3.51. The monoisotopic (exact) mass is 213 g/mol. The molecule has 2 aromatic carbocycles. The van der Waals surface area contributed by atoms with Gasteiger partial charge >= 0.3 is 0 Å². The molecule has 0 saturated heterocycles. The number of anilines is 1. The van der Waals surface area contributed by atoms with Crippen LogP contribution in [0.4, 0.5) is 5.69 Å². The summed E-state index contributed by atoms with van der Waals surface area (Å²) in [5, 5.41) is 9.29. The number of aromatic hydroxyl groups is 1. The first-order chi connectivity index (χ1) is 7.70. The molecule has 0 bridgehead atoms. The van der Waals surface area contributed by atoms with E-state index < -0.39 is 0 Å². The maximum atomic E-state index is 10.9. The third-order valence-electron chi connectivity index (χ3n) is 2.36. The highest BCUT2D eigenvalue weighted by Gasteiger charge is 2.05. The van der Waals surface area contributed by atoms with Crippen LogP contribution in [0.25, 0.3) is 11.1 Å². The largest absolute Gasteiger partial charge is 0.508 e. The smallest absolute Gasteiger partial charge is 0.150 e. The van der Waals surface area contributed by atoms with E-state index in [4.69, 9.17) is 5.73 Å². The Morgan fingerprint density at radius 3 is 2.62 bits per heavy atom. The SMILES string of the molecule is Nc1cccc(-c2ccc(O)cc2C=O)c1. The fraction of sp³-hybridized carbons (Fsp3) is 0. The summed E-state index contributed by atoms with van der Waals surface area (Å²) in [4.78, 5) is 10.9. The number of benzene rings is 2. The number of hydrogen-bond acceptors (Lipinski definition) is 3. The van der Waals surface area contributed by atoms with Gasteiger partial charge in [-0.05, 0) is 41.5 Å². The molecule has 0 fully saturated rings. The maximum Gasteiger partial charge on any atom is 0.150 e. The van der Waals surface area contributed by atoms with Crippen molar-refractivity contribution in [2.45, 2.75) is 0 Å². The summed E-state index contributed by atoms with van der Waals surface area (Å²) in [7, 11) is 0. The lowest BCUT2D eigenvalue weighted by molar-refractivity contribution is 0.112. The number of phenols is 1. The summed E-state index contributed by atoms with van der Waals surface area (Å²) in [6, 6.07) is 12.0. The van der Waals surface area contributed by atoms with Crippen LogP contribution in [-0.2, 0) is 0 Å². The van der Waals surface area contributed by atoms with E-state index in [9.17, 15) is 9.90 Å². The minimum absolute atomic E-state index is 0.0785. The molecule has 2 rings (SSSR count). The van der Waals surface area contributed by atoms with Gasteiger partial charge in [-0.3, -0.25) is 4.79 Å². The fourth-order valence-corrected chi connectivity index (χ4v) is 1.62. The minimum atomic E-state index is 0.0785. The van der Waals surface area contributed by atoms with Crippen molar-refractivity contribution in [2.75, 3.05) is 5.73 Å². The van der Waals surface area contributed by atoms with E-state index in [1.165, 1.54) is 6.07 Å². The van der Waals surface area contributed by atoms with Gasteiger partial charge < -0.3 is 10.8 Å². The van der Waals surface area contributed by atoms with Crippen LogP contribution in [0.15, 0.2) is 42.5 Å². The van der Waals surface area contributed by atoms with Crippen LogP contribution in [0.2, 0.25) is 0 Å². The Morgan fingerprint density at radius 2 is 1.94 bits per heavy atom. The van der Waals surface area contributed by atoms with Gasteiger partial charge in [-0.15, -0.1) is 0 Å². The molecule has 0 radical (unpaired) electrons. The summed E-state index contributed by atoms with van der Waals surface area (Å²) >= 11 is 0. The number of carbonyl (C=O) groups is 1. The molecule has 3 N–H and O–H groups in total. The predicted octanol–water partition coefficient (Wildman–Crippen LogP) is 2.45. The zero-order valence-electron chi connectivity index (χ0n) is 8.55. The van der Waals surface area contributed by atoms with E-state index in [2.05, 4.69) is 0 Å². The summed E-state index contributed by atoms with van der Waals surface area (Å²) in [5.74, 6) is 0.0785. The van der Waals surface area contributed by atoms with Gasteiger partial charge in [-0.1, -0.05) is 12.1 Å². The highest BCUT2D eigenvalue weighted by atomic mass is 16.3. The highest BCUT2D eigenvalue weighted by Crippen LogP contribution is 2.27. The second kappa shape index (κ2) is 4.06. The van der Waals surface area contributed by atoms with E-state index in [-0.39, 0.29) is 5.75 Å². The topological polar surface area (TPSA) is 63.3 Å². The lowest BCUT2D eigenvalue weighted by atomic mass is 10.00. The predicted molar refractivity (Wildman–Crippen MR) is 63.3 cm³/mol. The van der Waals surface area contributed by atoms with Crippen molar-refractivity contribution in [2.24, 2.45) is 0 Å². The molecule has 0 spiro atoms. The molecule has 0 aliphatic rings.